The van der Waals surface area contributed by atoms with Crippen LogP contribution < -0.4 is 9.62 Å². The van der Waals surface area contributed by atoms with Crippen LogP contribution in [0.15, 0.2) is 42.5 Å². The summed E-state index contributed by atoms with van der Waals surface area (Å²) >= 11 is 0. The minimum atomic E-state index is -3.59. The number of amides is 1. The number of sulfonamides is 1. The van der Waals surface area contributed by atoms with Crippen LogP contribution in [0.4, 0.5) is 5.69 Å². The SMILES string of the molecule is Cc1cc(C)cc(N(CC(=O)NCc2ccc(CN3CCOCC3)cc2)S(C)(=O)=O)c1. The Morgan fingerprint density at radius 2 is 1.61 bits per heavy atom. The molecule has 1 N–H and O–H groups in total. The van der Waals surface area contributed by atoms with Gasteiger partial charge in [0.1, 0.15) is 6.54 Å². The molecule has 1 aliphatic rings. The van der Waals surface area contributed by atoms with Gasteiger partial charge in [-0.2, -0.15) is 0 Å². The van der Waals surface area contributed by atoms with E-state index in [4.69, 9.17) is 4.74 Å². The van der Waals surface area contributed by atoms with Crippen LogP contribution in [-0.2, 0) is 32.6 Å². The minimum absolute atomic E-state index is 0.253. The van der Waals surface area contributed by atoms with Gasteiger partial charge in [0, 0.05) is 26.2 Å². The number of morpholine rings is 1. The highest BCUT2D eigenvalue weighted by Gasteiger charge is 2.21. The van der Waals surface area contributed by atoms with Crippen LogP contribution in [0.1, 0.15) is 22.3 Å². The summed E-state index contributed by atoms with van der Waals surface area (Å²) < 4.78 is 31.1. The van der Waals surface area contributed by atoms with Crippen molar-refractivity contribution in [3.05, 3.63) is 64.7 Å². The largest absolute Gasteiger partial charge is 0.379 e. The molecule has 1 amide bonds. The second kappa shape index (κ2) is 10.3. The zero-order valence-corrected chi connectivity index (χ0v) is 19.2. The molecule has 1 heterocycles. The van der Waals surface area contributed by atoms with Crippen molar-refractivity contribution in [1.82, 2.24) is 10.2 Å². The van der Waals surface area contributed by atoms with Crippen LogP contribution in [0, 0.1) is 13.8 Å². The van der Waals surface area contributed by atoms with Gasteiger partial charge in [-0.05, 0) is 48.2 Å². The number of carbonyl (C=O) groups excluding carboxylic acids is 1. The highest BCUT2D eigenvalue weighted by molar-refractivity contribution is 7.92. The maximum Gasteiger partial charge on any atom is 0.241 e. The molecule has 1 fully saturated rings. The molecule has 168 valence electrons. The molecule has 1 saturated heterocycles. The van der Waals surface area contributed by atoms with Gasteiger partial charge in [0.15, 0.2) is 0 Å². The summed E-state index contributed by atoms with van der Waals surface area (Å²) in [6, 6.07) is 13.6. The molecule has 0 saturated carbocycles. The van der Waals surface area contributed by atoms with Crippen molar-refractivity contribution in [3.63, 3.8) is 0 Å². The molecule has 1 aliphatic heterocycles. The normalized spacial score (nSPS) is 14.9. The van der Waals surface area contributed by atoms with E-state index in [1.54, 1.807) is 12.1 Å². The summed E-state index contributed by atoms with van der Waals surface area (Å²) in [6.07, 6.45) is 1.12. The zero-order valence-electron chi connectivity index (χ0n) is 18.4. The highest BCUT2D eigenvalue weighted by Crippen LogP contribution is 2.21. The molecule has 0 unspecified atom stereocenters. The van der Waals surface area contributed by atoms with E-state index in [0.29, 0.717) is 12.2 Å². The fourth-order valence-corrected chi connectivity index (χ4v) is 4.50. The number of hydrogen-bond acceptors (Lipinski definition) is 5. The molecule has 0 spiro atoms. The molecule has 2 aromatic rings. The number of benzene rings is 2. The quantitative estimate of drug-likeness (QED) is 0.674. The molecule has 0 aliphatic carbocycles. The van der Waals surface area contributed by atoms with Crippen LogP contribution in [0.5, 0.6) is 0 Å². The lowest BCUT2D eigenvalue weighted by atomic mass is 10.1. The van der Waals surface area contributed by atoms with E-state index in [9.17, 15) is 13.2 Å². The van der Waals surface area contributed by atoms with Crippen molar-refractivity contribution in [3.8, 4) is 0 Å². The van der Waals surface area contributed by atoms with Gasteiger partial charge in [0.25, 0.3) is 0 Å². The average molecular weight is 446 g/mol. The van der Waals surface area contributed by atoms with Crippen LogP contribution in [0.25, 0.3) is 0 Å². The summed E-state index contributed by atoms with van der Waals surface area (Å²) in [5, 5.41) is 2.83. The number of nitrogens with zero attached hydrogens (tertiary/aromatic N) is 2. The fourth-order valence-electron chi connectivity index (χ4n) is 3.66. The lowest BCUT2D eigenvalue weighted by Crippen LogP contribution is -2.40. The molecular weight excluding hydrogens is 414 g/mol. The number of ether oxygens (including phenoxy) is 1. The number of anilines is 1. The van der Waals surface area contributed by atoms with Gasteiger partial charge >= 0.3 is 0 Å². The molecule has 31 heavy (non-hydrogen) atoms. The third kappa shape index (κ3) is 7.05. The van der Waals surface area contributed by atoms with Crippen molar-refractivity contribution in [2.45, 2.75) is 26.9 Å². The Balaban J connectivity index is 1.57. The van der Waals surface area contributed by atoms with Crippen molar-refractivity contribution < 1.29 is 17.9 Å². The third-order valence-electron chi connectivity index (χ3n) is 5.20. The molecule has 2 aromatic carbocycles. The second-order valence-corrected chi connectivity index (χ2v) is 10.0. The zero-order chi connectivity index (χ0) is 22.4. The van der Waals surface area contributed by atoms with E-state index >= 15 is 0 Å². The van der Waals surface area contributed by atoms with E-state index in [1.807, 2.05) is 32.0 Å². The van der Waals surface area contributed by atoms with Gasteiger partial charge in [-0.15, -0.1) is 0 Å². The Hall–Kier alpha value is -2.42. The van der Waals surface area contributed by atoms with Crippen LogP contribution in [0.3, 0.4) is 0 Å². The summed E-state index contributed by atoms with van der Waals surface area (Å²) in [5.41, 5.74) is 4.58. The lowest BCUT2D eigenvalue weighted by molar-refractivity contribution is -0.119. The van der Waals surface area contributed by atoms with Crippen LogP contribution in [0.2, 0.25) is 0 Å². The minimum Gasteiger partial charge on any atom is -0.379 e. The van der Waals surface area contributed by atoms with E-state index in [0.717, 1.165) is 60.1 Å². The number of rotatable bonds is 8. The maximum absolute atomic E-state index is 12.5. The monoisotopic (exact) mass is 445 g/mol. The van der Waals surface area contributed by atoms with Crippen molar-refractivity contribution >= 4 is 21.6 Å². The van der Waals surface area contributed by atoms with Gasteiger partial charge in [-0.1, -0.05) is 30.3 Å². The van der Waals surface area contributed by atoms with E-state index in [-0.39, 0.29) is 12.5 Å². The summed E-state index contributed by atoms with van der Waals surface area (Å²) in [6.45, 7) is 8.21. The average Bonchev–Trinajstić information content (AvgIpc) is 2.71. The Morgan fingerprint density at radius 1 is 1.03 bits per heavy atom. The molecule has 0 atom stereocenters. The van der Waals surface area contributed by atoms with E-state index in [1.165, 1.54) is 5.56 Å². The number of aryl methyl sites for hydroxylation is 2. The topological polar surface area (TPSA) is 79.0 Å². The molecular formula is C23H31N3O4S. The highest BCUT2D eigenvalue weighted by atomic mass is 32.2. The predicted molar refractivity (Wildman–Crippen MR) is 122 cm³/mol. The number of hydrogen-bond donors (Lipinski definition) is 1. The first-order chi connectivity index (χ1) is 14.7. The molecule has 0 aromatic heterocycles. The molecule has 7 nitrogen and oxygen atoms in total. The van der Waals surface area contributed by atoms with Crippen LogP contribution in [-0.4, -0.2) is 58.3 Å². The van der Waals surface area contributed by atoms with Crippen molar-refractivity contribution in [2.24, 2.45) is 0 Å². The number of carbonyl (C=O) groups is 1. The molecule has 3 rings (SSSR count). The second-order valence-electron chi connectivity index (χ2n) is 8.10. The van der Waals surface area contributed by atoms with Crippen LogP contribution >= 0.6 is 0 Å². The van der Waals surface area contributed by atoms with E-state index in [2.05, 4.69) is 22.3 Å². The first-order valence-corrected chi connectivity index (χ1v) is 12.3. The van der Waals surface area contributed by atoms with Gasteiger partial charge in [0.2, 0.25) is 15.9 Å². The molecule has 8 heteroatoms. The fraction of sp³-hybridized carbons (Fsp3) is 0.435. The Morgan fingerprint density at radius 3 is 2.19 bits per heavy atom. The first-order valence-electron chi connectivity index (χ1n) is 10.4. The van der Waals surface area contributed by atoms with Crippen molar-refractivity contribution in [1.29, 1.82) is 0 Å². The third-order valence-corrected chi connectivity index (χ3v) is 6.35. The van der Waals surface area contributed by atoms with Gasteiger partial charge in [-0.25, -0.2) is 8.42 Å². The van der Waals surface area contributed by atoms with Gasteiger partial charge in [0.05, 0.1) is 25.2 Å². The molecule has 0 bridgehead atoms. The summed E-state index contributed by atoms with van der Waals surface area (Å²) in [4.78, 5) is 14.9. The first kappa shape index (κ1) is 23.2. The van der Waals surface area contributed by atoms with E-state index < -0.39 is 10.0 Å². The Kier molecular flexibility index (Phi) is 7.69. The van der Waals surface area contributed by atoms with Gasteiger partial charge < -0.3 is 10.1 Å². The Bertz CT molecular complexity index is 980. The smallest absolute Gasteiger partial charge is 0.241 e. The predicted octanol–water partition coefficient (Wildman–Crippen LogP) is 2.22. The summed E-state index contributed by atoms with van der Waals surface area (Å²) in [5.74, 6) is -0.345. The Labute approximate surface area is 185 Å². The maximum atomic E-state index is 12.5. The van der Waals surface area contributed by atoms with Crippen molar-refractivity contribution in [2.75, 3.05) is 43.4 Å². The standard InChI is InChI=1S/C23H31N3O4S/c1-18-12-19(2)14-22(13-18)26(31(3,28)29)17-23(27)24-15-20-4-6-21(7-5-20)16-25-8-10-30-11-9-25/h4-7,12-14H,8-11,15-17H2,1-3H3,(H,24,27). The summed E-state index contributed by atoms with van der Waals surface area (Å²) in [7, 11) is -3.59. The number of nitrogens with one attached hydrogen (secondary N) is 1. The lowest BCUT2D eigenvalue weighted by Gasteiger charge is -2.26. The molecule has 0 radical (unpaired) electrons. The van der Waals surface area contributed by atoms with Gasteiger partial charge in [-0.3, -0.25) is 14.0 Å².